The maximum Gasteiger partial charge on any atom is 0.0573 e. The Kier molecular flexibility index (Phi) is 3.55. The quantitative estimate of drug-likeness (QED) is 0.864. The normalized spacial score (nSPS) is 27.5. The molecule has 1 aromatic rings. The van der Waals surface area contributed by atoms with Gasteiger partial charge in [0.2, 0.25) is 0 Å². The molecule has 0 fully saturated rings. The van der Waals surface area contributed by atoms with Crippen molar-refractivity contribution in [3.63, 3.8) is 0 Å². The zero-order valence-corrected chi connectivity index (χ0v) is 11.2. The van der Waals surface area contributed by atoms with Crippen LogP contribution in [0.3, 0.4) is 0 Å². The Hall–Kier alpha value is -0.860. The molecule has 2 unspecified atom stereocenters. The Balaban J connectivity index is 2.36. The maximum atomic E-state index is 6.76. The second-order valence-electron chi connectivity index (χ2n) is 5.48. The maximum absolute atomic E-state index is 6.76. The van der Waals surface area contributed by atoms with E-state index in [4.69, 9.17) is 5.73 Å². The Morgan fingerprint density at radius 2 is 2.06 bits per heavy atom. The smallest absolute Gasteiger partial charge is 0.0573 e. The van der Waals surface area contributed by atoms with Gasteiger partial charge in [0.05, 0.1) is 5.54 Å². The molecular weight excluding hydrogens is 208 g/mol. The fourth-order valence-corrected chi connectivity index (χ4v) is 3.14. The predicted octanol–water partition coefficient (Wildman–Crippen LogP) is 2.52. The standard InChI is InChI=1S/C15H24N2/c1-4-5-10-15(16)13-9-7-6-8-12(13)11-14(15)17(2)3/h6-9,14H,4-5,10-11,16H2,1-3H3. The monoisotopic (exact) mass is 232 g/mol. The van der Waals surface area contributed by atoms with Gasteiger partial charge in [-0.1, -0.05) is 44.0 Å². The number of rotatable bonds is 4. The molecule has 0 aliphatic heterocycles. The summed E-state index contributed by atoms with van der Waals surface area (Å²) >= 11 is 0. The van der Waals surface area contributed by atoms with Crippen LogP contribution in [0.1, 0.15) is 37.3 Å². The molecule has 17 heavy (non-hydrogen) atoms. The van der Waals surface area contributed by atoms with Crippen molar-refractivity contribution < 1.29 is 0 Å². The van der Waals surface area contributed by atoms with Gasteiger partial charge in [0.25, 0.3) is 0 Å². The molecular formula is C15H24N2. The van der Waals surface area contributed by atoms with Crippen LogP contribution < -0.4 is 5.73 Å². The number of fused-ring (bicyclic) bond motifs is 1. The summed E-state index contributed by atoms with van der Waals surface area (Å²) in [6.07, 6.45) is 4.59. The lowest BCUT2D eigenvalue weighted by molar-refractivity contribution is 0.181. The number of likely N-dealkylation sites (N-methyl/N-ethyl adjacent to an activating group) is 1. The first-order valence-corrected chi connectivity index (χ1v) is 6.63. The molecule has 0 spiro atoms. The van der Waals surface area contributed by atoms with Crippen LogP contribution in [0.15, 0.2) is 24.3 Å². The first kappa shape index (κ1) is 12.6. The molecule has 0 bridgehead atoms. The van der Waals surface area contributed by atoms with Crippen molar-refractivity contribution >= 4 is 0 Å². The molecule has 2 heteroatoms. The molecule has 2 rings (SSSR count). The number of nitrogens with zero attached hydrogens (tertiary/aromatic N) is 1. The fraction of sp³-hybridized carbons (Fsp3) is 0.600. The highest BCUT2D eigenvalue weighted by atomic mass is 15.1. The van der Waals surface area contributed by atoms with Gasteiger partial charge >= 0.3 is 0 Å². The third kappa shape index (κ3) is 2.12. The summed E-state index contributed by atoms with van der Waals surface area (Å²) in [5.41, 5.74) is 9.41. The molecule has 2 N–H and O–H groups in total. The Morgan fingerprint density at radius 1 is 1.35 bits per heavy atom. The first-order valence-electron chi connectivity index (χ1n) is 6.63. The largest absolute Gasteiger partial charge is 0.320 e. The second-order valence-corrected chi connectivity index (χ2v) is 5.48. The lowest BCUT2D eigenvalue weighted by Crippen LogP contribution is -2.51. The number of benzene rings is 1. The lowest BCUT2D eigenvalue weighted by Gasteiger charge is -2.36. The number of unbranched alkanes of at least 4 members (excludes halogenated alkanes) is 1. The van der Waals surface area contributed by atoms with Crippen LogP contribution in [0.4, 0.5) is 0 Å². The van der Waals surface area contributed by atoms with Crippen molar-refractivity contribution in [1.82, 2.24) is 4.90 Å². The molecule has 2 atom stereocenters. The van der Waals surface area contributed by atoms with Crippen molar-refractivity contribution in [3.8, 4) is 0 Å². The van der Waals surface area contributed by atoms with Crippen molar-refractivity contribution in [3.05, 3.63) is 35.4 Å². The summed E-state index contributed by atoms with van der Waals surface area (Å²) in [4.78, 5) is 2.29. The number of hydrogen-bond donors (Lipinski definition) is 1. The highest BCUT2D eigenvalue weighted by Crippen LogP contribution is 2.40. The molecule has 0 saturated heterocycles. The van der Waals surface area contributed by atoms with Crippen molar-refractivity contribution in [1.29, 1.82) is 0 Å². The first-order chi connectivity index (χ1) is 8.09. The van der Waals surface area contributed by atoms with E-state index in [0.29, 0.717) is 6.04 Å². The molecule has 0 heterocycles. The van der Waals surface area contributed by atoms with E-state index in [1.807, 2.05) is 0 Å². The lowest BCUT2D eigenvalue weighted by atomic mass is 9.84. The van der Waals surface area contributed by atoms with Crippen LogP contribution in [-0.4, -0.2) is 25.0 Å². The molecule has 0 saturated carbocycles. The zero-order valence-electron chi connectivity index (χ0n) is 11.2. The van der Waals surface area contributed by atoms with E-state index >= 15 is 0 Å². The number of nitrogens with two attached hydrogens (primary N) is 1. The second kappa shape index (κ2) is 4.79. The fourth-order valence-electron chi connectivity index (χ4n) is 3.14. The summed E-state index contributed by atoms with van der Waals surface area (Å²) in [5.74, 6) is 0. The van der Waals surface area contributed by atoms with Crippen LogP contribution in [0, 0.1) is 0 Å². The molecule has 0 radical (unpaired) electrons. The molecule has 94 valence electrons. The summed E-state index contributed by atoms with van der Waals surface area (Å²) in [6, 6.07) is 9.12. The van der Waals surface area contributed by atoms with Gasteiger partial charge in [-0.05, 0) is 38.1 Å². The minimum atomic E-state index is -0.157. The van der Waals surface area contributed by atoms with Gasteiger partial charge in [-0.2, -0.15) is 0 Å². The number of hydrogen-bond acceptors (Lipinski definition) is 2. The molecule has 0 amide bonds. The average molecular weight is 232 g/mol. The Morgan fingerprint density at radius 3 is 2.71 bits per heavy atom. The Labute approximate surface area is 105 Å². The predicted molar refractivity (Wildman–Crippen MR) is 73.0 cm³/mol. The van der Waals surface area contributed by atoms with Crippen molar-refractivity contribution in [2.75, 3.05) is 14.1 Å². The van der Waals surface area contributed by atoms with Gasteiger partial charge in [0.15, 0.2) is 0 Å². The highest BCUT2D eigenvalue weighted by Gasteiger charge is 2.43. The minimum Gasteiger partial charge on any atom is -0.320 e. The third-order valence-corrected chi connectivity index (χ3v) is 4.09. The molecule has 0 aromatic heterocycles. The Bertz CT molecular complexity index is 386. The average Bonchev–Trinajstić information content (AvgIpc) is 2.62. The summed E-state index contributed by atoms with van der Waals surface area (Å²) < 4.78 is 0. The van der Waals surface area contributed by atoms with Gasteiger partial charge < -0.3 is 10.6 Å². The van der Waals surface area contributed by atoms with Crippen LogP contribution in [0.2, 0.25) is 0 Å². The third-order valence-electron chi connectivity index (χ3n) is 4.09. The van der Waals surface area contributed by atoms with E-state index in [0.717, 1.165) is 12.8 Å². The summed E-state index contributed by atoms with van der Waals surface area (Å²) in [6.45, 7) is 2.23. The highest BCUT2D eigenvalue weighted by molar-refractivity contribution is 5.41. The van der Waals surface area contributed by atoms with E-state index in [1.165, 1.54) is 24.0 Å². The van der Waals surface area contributed by atoms with Gasteiger partial charge in [0.1, 0.15) is 0 Å². The van der Waals surface area contributed by atoms with E-state index in [1.54, 1.807) is 0 Å². The van der Waals surface area contributed by atoms with E-state index in [9.17, 15) is 0 Å². The molecule has 2 nitrogen and oxygen atoms in total. The SMILES string of the molecule is CCCCC1(N)c2ccccc2CC1N(C)C. The summed E-state index contributed by atoms with van der Waals surface area (Å²) in [7, 11) is 4.29. The van der Waals surface area contributed by atoms with Crippen LogP contribution >= 0.6 is 0 Å². The van der Waals surface area contributed by atoms with Gasteiger partial charge in [0, 0.05) is 6.04 Å². The van der Waals surface area contributed by atoms with Gasteiger partial charge in [-0.3, -0.25) is 0 Å². The molecule has 1 aliphatic rings. The van der Waals surface area contributed by atoms with Gasteiger partial charge in [-0.25, -0.2) is 0 Å². The molecule has 1 aromatic carbocycles. The van der Waals surface area contributed by atoms with Crippen LogP contribution in [-0.2, 0) is 12.0 Å². The van der Waals surface area contributed by atoms with E-state index in [-0.39, 0.29) is 5.54 Å². The molecule has 1 aliphatic carbocycles. The van der Waals surface area contributed by atoms with Crippen molar-refractivity contribution in [2.24, 2.45) is 5.73 Å². The van der Waals surface area contributed by atoms with E-state index < -0.39 is 0 Å². The zero-order chi connectivity index (χ0) is 12.5. The van der Waals surface area contributed by atoms with E-state index in [2.05, 4.69) is 50.2 Å². The summed E-state index contributed by atoms with van der Waals surface area (Å²) in [5, 5.41) is 0. The van der Waals surface area contributed by atoms with Crippen LogP contribution in [0.25, 0.3) is 0 Å². The van der Waals surface area contributed by atoms with Gasteiger partial charge in [-0.15, -0.1) is 0 Å². The van der Waals surface area contributed by atoms with Crippen LogP contribution in [0.5, 0.6) is 0 Å². The van der Waals surface area contributed by atoms with Crippen molar-refractivity contribution in [2.45, 2.75) is 44.2 Å². The minimum absolute atomic E-state index is 0.157. The topological polar surface area (TPSA) is 29.3 Å².